The third-order valence-corrected chi connectivity index (χ3v) is 3.51. The Balaban J connectivity index is 2.42. The van der Waals surface area contributed by atoms with Gasteiger partial charge in [0.1, 0.15) is 17.5 Å². The van der Waals surface area contributed by atoms with E-state index in [1.807, 2.05) is 0 Å². The van der Waals surface area contributed by atoms with Gasteiger partial charge in [-0.05, 0) is 6.07 Å². The number of hydrogen-bond acceptors (Lipinski definition) is 5. The number of hydrogen-bond donors (Lipinski definition) is 2. The van der Waals surface area contributed by atoms with Gasteiger partial charge >= 0.3 is 5.69 Å². The van der Waals surface area contributed by atoms with E-state index in [4.69, 9.17) is 22.1 Å². The van der Waals surface area contributed by atoms with Gasteiger partial charge in [-0.3, -0.25) is 4.57 Å². The largest absolute Gasteiger partial charge is 0.386 e. The van der Waals surface area contributed by atoms with Crippen molar-refractivity contribution in [3.8, 4) is 0 Å². The predicted molar refractivity (Wildman–Crippen MR) is 67.6 cm³/mol. The van der Waals surface area contributed by atoms with Gasteiger partial charge in [-0.15, -0.1) is 18.2 Å². The van der Waals surface area contributed by atoms with Crippen molar-refractivity contribution in [3.63, 3.8) is 0 Å². The first-order chi connectivity index (χ1) is 8.95. The lowest BCUT2D eigenvalue weighted by molar-refractivity contribution is -0.0606. The number of aliphatic hydroxyl groups is 1. The van der Waals surface area contributed by atoms with Crippen molar-refractivity contribution in [2.75, 3.05) is 11.6 Å². The molecule has 2 heterocycles. The Labute approximate surface area is 113 Å². The number of nitrogens with zero attached hydrogens (tertiary/aromatic N) is 2. The summed E-state index contributed by atoms with van der Waals surface area (Å²) in [6.45, 7) is 3.48. The van der Waals surface area contributed by atoms with Crippen LogP contribution in [-0.4, -0.2) is 38.4 Å². The molecule has 0 aliphatic carbocycles. The molecule has 6 nitrogen and oxygen atoms in total. The van der Waals surface area contributed by atoms with Crippen molar-refractivity contribution >= 4 is 17.4 Å². The molecule has 1 aliphatic rings. The van der Waals surface area contributed by atoms with Crippen LogP contribution in [0.15, 0.2) is 29.7 Å². The van der Waals surface area contributed by atoms with Gasteiger partial charge in [0.05, 0.1) is 5.88 Å². The van der Waals surface area contributed by atoms with Crippen molar-refractivity contribution in [2.45, 2.75) is 24.1 Å². The van der Waals surface area contributed by atoms with Gasteiger partial charge in [0, 0.05) is 6.20 Å². The summed E-state index contributed by atoms with van der Waals surface area (Å²) in [5.41, 5.74) is 3.14. The smallest absolute Gasteiger partial charge is 0.351 e. The molecule has 19 heavy (non-hydrogen) atoms. The van der Waals surface area contributed by atoms with Crippen LogP contribution in [0.5, 0.6) is 0 Å². The molecular formula is C11H13ClFN3O3. The van der Waals surface area contributed by atoms with Crippen LogP contribution in [0.4, 0.5) is 10.2 Å². The quantitative estimate of drug-likeness (QED) is 0.613. The zero-order valence-corrected chi connectivity index (χ0v) is 10.6. The molecule has 4 atom stereocenters. The summed E-state index contributed by atoms with van der Waals surface area (Å²) in [7, 11) is 0. The molecule has 2 rings (SSSR count). The van der Waals surface area contributed by atoms with Gasteiger partial charge in [-0.2, -0.15) is 4.98 Å². The summed E-state index contributed by atoms with van der Waals surface area (Å²) < 4.78 is 20.4. The number of aliphatic hydroxyl groups excluding tert-OH is 1. The fraction of sp³-hybridized carbons (Fsp3) is 0.455. The second kappa shape index (κ2) is 4.92. The van der Waals surface area contributed by atoms with Crippen LogP contribution in [-0.2, 0) is 4.74 Å². The van der Waals surface area contributed by atoms with Crippen LogP contribution in [0.25, 0.3) is 0 Å². The SMILES string of the molecule is C=C[C@@]1(CCl)O[C@@H](n2ccc(N)nc2=O)[C@H](F)[C@@H]1O. The second-order valence-corrected chi connectivity index (χ2v) is 4.50. The number of anilines is 1. The molecule has 1 aromatic heterocycles. The Hall–Kier alpha value is -1.44. The van der Waals surface area contributed by atoms with E-state index in [0.29, 0.717) is 0 Å². The summed E-state index contributed by atoms with van der Waals surface area (Å²) in [5.74, 6) is -0.173. The van der Waals surface area contributed by atoms with E-state index in [1.165, 1.54) is 18.3 Å². The fourth-order valence-corrected chi connectivity index (χ4v) is 2.28. The fourth-order valence-electron chi connectivity index (χ4n) is 1.95. The molecule has 1 aromatic rings. The van der Waals surface area contributed by atoms with Gasteiger partial charge in [0.25, 0.3) is 0 Å². The third-order valence-electron chi connectivity index (χ3n) is 3.09. The minimum absolute atomic E-state index is 0.0162. The maximum atomic E-state index is 14.1. The first-order valence-electron chi connectivity index (χ1n) is 5.49. The number of nitrogen functional groups attached to an aromatic ring is 1. The highest BCUT2D eigenvalue weighted by molar-refractivity contribution is 6.18. The molecule has 0 unspecified atom stereocenters. The molecule has 0 radical (unpaired) electrons. The van der Waals surface area contributed by atoms with Crippen molar-refractivity contribution < 1.29 is 14.2 Å². The Morgan fingerprint density at radius 3 is 2.95 bits per heavy atom. The van der Waals surface area contributed by atoms with Crippen molar-refractivity contribution in [1.82, 2.24) is 9.55 Å². The summed E-state index contributed by atoms with van der Waals surface area (Å²) >= 11 is 5.70. The lowest BCUT2D eigenvalue weighted by Gasteiger charge is -2.25. The average Bonchev–Trinajstić information content (AvgIpc) is 2.64. The van der Waals surface area contributed by atoms with Crippen molar-refractivity contribution in [2.24, 2.45) is 0 Å². The molecule has 1 fully saturated rings. The first kappa shape index (κ1) is 14.0. The van der Waals surface area contributed by atoms with Crippen molar-refractivity contribution in [1.29, 1.82) is 0 Å². The Morgan fingerprint density at radius 2 is 2.47 bits per heavy atom. The maximum Gasteiger partial charge on any atom is 0.351 e. The van der Waals surface area contributed by atoms with E-state index in [9.17, 15) is 14.3 Å². The molecule has 0 spiro atoms. The highest BCUT2D eigenvalue weighted by Gasteiger charge is 2.54. The zero-order valence-electron chi connectivity index (χ0n) is 9.87. The maximum absolute atomic E-state index is 14.1. The van der Waals surface area contributed by atoms with E-state index in [2.05, 4.69) is 11.6 Å². The Morgan fingerprint density at radius 1 is 1.79 bits per heavy atom. The van der Waals surface area contributed by atoms with Crippen LogP contribution in [0.3, 0.4) is 0 Å². The number of halogens is 2. The van der Waals surface area contributed by atoms with Gasteiger partial charge in [-0.1, -0.05) is 6.08 Å². The molecule has 3 N–H and O–H groups in total. The Bertz CT molecular complexity index is 552. The second-order valence-electron chi connectivity index (χ2n) is 4.23. The number of ether oxygens (including phenoxy) is 1. The molecule has 8 heteroatoms. The minimum atomic E-state index is -1.83. The number of aromatic nitrogens is 2. The normalized spacial score (nSPS) is 34.4. The van der Waals surface area contributed by atoms with Gasteiger partial charge < -0.3 is 15.6 Å². The molecule has 1 saturated heterocycles. The van der Waals surface area contributed by atoms with Crippen LogP contribution in [0, 0.1) is 0 Å². The number of rotatable bonds is 3. The van der Waals surface area contributed by atoms with Crippen LogP contribution >= 0.6 is 11.6 Å². The minimum Gasteiger partial charge on any atom is -0.386 e. The monoisotopic (exact) mass is 289 g/mol. The molecule has 104 valence electrons. The highest BCUT2D eigenvalue weighted by Crippen LogP contribution is 2.39. The van der Waals surface area contributed by atoms with E-state index < -0.39 is 29.8 Å². The molecule has 0 saturated carbocycles. The lowest BCUT2D eigenvalue weighted by Crippen LogP contribution is -2.41. The predicted octanol–water partition coefficient (Wildman–Crippen LogP) is 0.217. The van der Waals surface area contributed by atoms with E-state index in [1.54, 1.807) is 0 Å². The number of alkyl halides is 2. The molecule has 0 aromatic carbocycles. The zero-order chi connectivity index (χ0) is 14.2. The number of nitrogens with two attached hydrogens (primary N) is 1. The van der Waals surface area contributed by atoms with Crippen LogP contribution in [0.1, 0.15) is 6.23 Å². The topological polar surface area (TPSA) is 90.4 Å². The highest BCUT2D eigenvalue weighted by atomic mass is 35.5. The van der Waals surface area contributed by atoms with Crippen LogP contribution < -0.4 is 11.4 Å². The van der Waals surface area contributed by atoms with Crippen LogP contribution in [0.2, 0.25) is 0 Å². The lowest BCUT2D eigenvalue weighted by atomic mass is 9.98. The summed E-state index contributed by atoms with van der Waals surface area (Å²) in [4.78, 5) is 15.1. The Kier molecular flexibility index (Phi) is 3.62. The van der Waals surface area contributed by atoms with E-state index in [0.717, 1.165) is 4.57 Å². The van der Waals surface area contributed by atoms with E-state index >= 15 is 0 Å². The average molecular weight is 290 g/mol. The summed E-state index contributed by atoms with van der Waals surface area (Å²) in [5, 5.41) is 9.87. The standard InChI is InChI=1S/C11H13ClFN3O3/c1-2-11(5-12)8(17)7(13)9(19-11)16-4-3-6(14)15-10(16)18/h2-4,7-9,17H,1,5H2,(H2,14,15,18)/t7-,8+,9-,11+/m1/s1. The van der Waals surface area contributed by atoms with Gasteiger partial charge in [0.2, 0.25) is 0 Å². The molecule has 1 aliphatic heterocycles. The van der Waals surface area contributed by atoms with E-state index in [-0.39, 0.29) is 11.7 Å². The van der Waals surface area contributed by atoms with Gasteiger partial charge in [-0.25, -0.2) is 9.18 Å². The summed E-state index contributed by atoms with van der Waals surface area (Å²) in [6, 6.07) is 1.33. The first-order valence-corrected chi connectivity index (χ1v) is 6.03. The molecular weight excluding hydrogens is 277 g/mol. The molecule has 0 amide bonds. The third kappa shape index (κ3) is 2.13. The van der Waals surface area contributed by atoms with Crippen molar-refractivity contribution in [3.05, 3.63) is 35.4 Å². The summed E-state index contributed by atoms with van der Waals surface area (Å²) in [6.07, 6.45) is -2.20. The molecule has 0 bridgehead atoms. The van der Waals surface area contributed by atoms with Gasteiger partial charge in [0.15, 0.2) is 12.4 Å².